The smallest absolute Gasteiger partial charge is 0.303 e. The monoisotopic (exact) mass is 428 g/mol. The van der Waals surface area contributed by atoms with Crippen LogP contribution in [0.3, 0.4) is 0 Å². The molecule has 31 heavy (non-hydrogen) atoms. The topological polar surface area (TPSA) is 96.8 Å². The second kappa shape index (κ2) is 10.9. The van der Waals surface area contributed by atoms with Gasteiger partial charge in [-0.1, -0.05) is 13.0 Å². The Balaban J connectivity index is 1.97. The summed E-state index contributed by atoms with van der Waals surface area (Å²) in [6.07, 6.45) is 6.03. The van der Waals surface area contributed by atoms with E-state index in [1.807, 2.05) is 6.92 Å². The average Bonchev–Trinajstić information content (AvgIpc) is 2.80. The molecule has 1 aliphatic heterocycles. The van der Waals surface area contributed by atoms with Gasteiger partial charge in [0.25, 0.3) is 0 Å². The molecule has 0 bridgehead atoms. The van der Waals surface area contributed by atoms with E-state index in [1.165, 1.54) is 0 Å². The fourth-order valence-electron chi connectivity index (χ4n) is 4.11. The summed E-state index contributed by atoms with van der Waals surface area (Å²) in [5, 5.41) is 12.7. The van der Waals surface area contributed by atoms with E-state index in [0.717, 1.165) is 56.0 Å². The van der Waals surface area contributed by atoms with Gasteiger partial charge in [0.1, 0.15) is 5.82 Å². The van der Waals surface area contributed by atoms with Crippen LogP contribution in [0.1, 0.15) is 51.0 Å². The maximum absolute atomic E-state index is 11.3. The van der Waals surface area contributed by atoms with Crippen LogP contribution in [0.5, 0.6) is 5.88 Å². The second-order valence-electron chi connectivity index (χ2n) is 7.68. The highest BCUT2D eigenvalue weighted by atomic mass is 16.5. The number of hydrogen-bond donors (Lipinski definition) is 2. The van der Waals surface area contributed by atoms with Crippen molar-refractivity contribution in [1.29, 1.82) is 0 Å². The first-order valence-corrected chi connectivity index (χ1v) is 10.9. The Bertz CT molecular complexity index is 853. The molecule has 1 atom stereocenters. The van der Waals surface area contributed by atoms with E-state index in [9.17, 15) is 9.90 Å². The highest BCUT2D eigenvalue weighted by molar-refractivity contribution is 5.76. The third kappa shape index (κ3) is 5.85. The Labute approximate surface area is 183 Å². The zero-order valence-electron chi connectivity index (χ0n) is 18.5. The lowest BCUT2D eigenvalue weighted by molar-refractivity contribution is -0.137. The summed E-state index contributed by atoms with van der Waals surface area (Å²) >= 11 is 0. The molecule has 0 aliphatic carbocycles. The number of carboxylic acids is 1. The van der Waals surface area contributed by atoms with Gasteiger partial charge >= 0.3 is 5.97 Å². The van der Waals surface area contributed by atoms with Crippen LogP contribution in [0.25, 0.3) is 0 Å². The number of benzene rings is 1. The van der Waals surface area contributed by atoms with Crippen LogP contribution >= 0.6 is 0 Å². The Morgan fingerprint density at radius 3 is 2.65 bits per heavy atom. The third-order valence-corrected chi connectivity index (χ3v) is 5.79. The lowest BCUT2D eigenvalue weighted by Gasteiger charge is -2.36. The SMILES string of the molecule is CC[C@@H](CC(=O)O)c1ccc(N(CC)C2CCOCC2)c(Nc2cnc(OC)cn2)c1. The fourth-order valence-corrected chi connectivity index (χ4v) is 4.11. The van der Waals surface area contributed by atoms with Crippen LogP contribution < -0.4 is 15.0 Å². The van der Waals surface area contributed by atoms with Gasteiger partial charge in [0.15, 0.2) is 0 Å². The van der Waals surface area contributed by atoms with Crippen LogP contribution in [-0.2, 0) is 9.53 Å². The number of aliphatic carboxylic acids is 1. The number of methoxy groups -OCH3 is 1. The highest BCUT2D eigenvalue weighted by Crippen LogP contribution is 2.36. The number of rotatable bonds is 10. The van der Waals surface area contributed by atoms with Crippen LogP contribution in [0.4, 0.5) is 17.2 Å². The van der Waals surface area contributed by atoms with Gasteiger partial charge in [0.05, 0.1) is 37.3 Å². The van der Waals surface area contributed by atoms with Gasteiger partial charge in [-0.05, 0) is 49.8 Å². The summed E-state index contributed by atoms with van der Waals surface area (Å²) < 4.78 is 10.7. The predicted molar refractivity (Wildman–Crippen MR) is 120 cm³/mol. The van der Waals surface area contributed by atoms with E-state index in [-0.39, 0.29) is 12.3 Å². The van der Waals surface area contributed by atoms with E-state index >= 15 is 0 Å². The van der Waals surface area contributed by atoms with Crippen LogP contribution in [-0.4, -0.2) is 54.0 Å². The normalized spacial score (nSPS) is 15.3. The standard InChI is InChI=1S/C23H32N4O4/c1-4-16(13-23(28)29)17-6-7-20(27(5-2)18-8-10-31-11-9-18)19(12-17)26-21-14-25-22(30-3)15-24-21/h6-7,12,14-16,18H,4-5,8-11,13H2,1-3H3,(H,24,26)(H,28,29)/t16-/m0/s1. The molecule has 1 aromatic carbocycles. The molecule has 0 amide bonds. The fraction of sp³-hybridized carbons (Fsp3) is 0.522. The molecule has 0 spiro atoms. The summed E-state index contributed by atoms with van der Waals surface area (Å²) in [4.78, 5) is 22.4. The van der Waals surface area contributed by atoms with Crippen molar-refractivity contribution < 1.29 is 19.4 Å². The lowest BCUT2D eigenvalue weighted by atomic mass is 9.92. The molecule has 0 radical (unpaired) electrons. The number of nitrogens with zero attached hydrogens (tertiary/aromatic N) is 3. The molecule has 1 aromatic heterocycles. The molecule has 1 fully saturated rings. The average molecular weight is 429 g/mol. The van der Waals surface area contributed by atoms with Crippen molar-refractivity contribution in [2.24, 2.45) is 0 Å². The Hall–Kier alpha value is -2.87. The molecule has 8 heteroatoms. The van der Waals surface area contributed by atoms with Gasteiger partial charge in [-0.15, -0.1) is 0 Å². The van der Waals surface area contributed by atoms with Gasteiger partial charge < -0.3 is 24.8 Å². The van der Waals surface area contributed by atoms with E-state index in [2.05, 4.69) is 45.3 Å². The molecule has 2 heterocycles. The van der Waals surface area contributed by atoms with Crippen LogP contribution in [0.2, 0.25) is 0 Å². The predicted octanol–water partition coefficient (Wildman–Crippen LogP) is 4.20. The van der Waals surface area contributed by atoms with E-state index in [1.54, 1.807) is 19.5 Å². The van der Waals surface area contributed by atoms with E-state index in [4.69, 9.17) is 9.47 Å². The van der Waals surface area contributed by atoms with E-state index in [0.29, 0.717) is 17.7 Å². The quantitative estimate of drug-likeness (QED) is 0.581. The first kappa shape index (κ1) is 22.8. The number of anilines is 3. The van der Waals surface area contributed by atoms with Gasteiger partial charge in [0, 0.05) is 25.8 Å². The van der Waals surface area contributed by atoms with E-state index < -0.39 is 5.97 Å². The van der Waals surface area contributed by atoms with Crippen LogP contribution in [0, 0.1) is 0 Å². The first-order chi connectivity index (χ1) is 15.0. The summed E-state index contributed by atoms with van der Waals surface area (Å²) in [5.74, 6) is 0.217. The lowest BCUT2D eigenvalue weighted by Crippen LogP contribution is -2.39. The number of aromatic nitrogens is 2. The Morgan fingerprint density at radius 2 is 2.06 bits per heavy atom. The molecule has 3 rings (SSSR count). The largest absolute Gasteiger partial charge is 0.481 e. The summed E-state index contributed by atoms with van der Waals surface area (Å²) in [5.41, 5.74) is 2.97. The molecule has 2 aromatic rings. The maximum atomic E-state index is 11.3. The minimum atomic E-state index is -0.788. The number of hydrogen-bond acceptors (Lipinski definition) is 7. The number of carbonyl (C=O) groups is 1. The molecule has 1 saturated heterocycles. The van der Waals surface area contributed by atoms with Gasteiger partial charge in [-0.3, -0.25) is 4.79 Å². The van der Waals surface area contributed by atoms with Crippen molar-refractivity contribution in [3.05, 3.63) is 36.2 Å². The van der Waals surface area contributed by atoms with Crippen molar-refractivity contribution in [3.8, 4) is 5.88 Å². The molecule has 168 valence electrons. The van der Waals surface area contributed by atoms with Crippen LogP contribution in [0.15, 0.2) is 30.6 Å². The number of carboxylic acid groups (broad SMARTS) is 1. The summed E-state index contributed by atoms with van der Waals surface area (Å²) in [7, 11) is 1.55. The molecule has 8 nitrogen and oxygen atoms in total. The molecule has 0 unspecified atom stereocenters. The maximum Gasteiger partial charge on any atom is 0.303 e. The zero-order valence-corrected chi connectivity index (χ0v) is 18.5. The summed E-state index contributed by atoms with van der Waals surface area (Å²) in [6, 6.07) is 6.60. The number of ether oxygens (including phenoxy) is 2. The van der Waals surface area contributed by atoms with Gasteiger partial charge in [-0.2, -0.15) is 0 Å². The Kier molecular flexibility index (Phi) is 8.06. The minimum Gasteiger partial charge on any atom is -0.481 e. The Morgan fingerprint density at radius 1 is 1.29 bits per heavy atom. The highest BCUT2D eigenvalue weighted by Gasteiger charge is 2.24. The van der Waals surface area contributed by atoms with Crippen molar-refractivity contribution in [1.82, 2.24) is 9.97 Å². The third-order valence-electron chi connectivity index (χ3n) is 5.79. The molecule has 1 aliphatic rings. The van der Waals surface area contributed by atoms with Gasteiger partial charge in [-0.25, -0.2) is 9.97 Å². The molecule has 2 N–H and O–H groups in total. The zero-order chi connectivity index (χ0) is 22.2. The van der Waals surface area contributed by atoms with Crippen molar-refractivity contribution in [2.45, 2.75) is 51.5 Å². The molecule has 0 saturated carbocycles. The van der Waals surface area contributed by atoms with Crippen molar-refractivity contribution in [3.63, 3.8) is 0 Å². The molecular formula is C23H32N4O4. The van der Waals surface area contributed by atoms with Gasteiger partial charge in [0.2, 0.25) is 5.88 Å². The first-order valence-electron chi connectivity index (χ1n) is 10.9. The minimum absolute atomic E-state index is 0.0489. The molecular weight excluding hydrogens is 396 g/mol. The number of nitrogens with one attached hydrogen (secondary N) is 1. The second-order valence-corrected chi connectivity index (χ2v) is 7.68. The summed E-state index contributed by atoms with van der Waals surface area (Å²) in [6.45, 7) is 6.56. The van der Waals surface area contributed by atoms with Crippen molar-refractivity contribution in [2.75, 3.05) is 37.1 Å². The van der Waals surface area contributed by atoms with Crippen molar-refractivity contribution >= 4 is 23.2 Å².